The highest BCUT2D eigenvalue weighted by atomic mass is 19.1. The van der Waals surface area contributed by atoms with Gasteiger partial charge in [0.15, 0.2) is 0 Å². The largest absolute Gasteiger partial charge is 0.368 e. The van der Waals surface area contributed by atoms with Gasteiger partial charge in [0.2, 0.25) is 11.7 Å². The van der Waals surface area contributed by atoms with Gasteiger partial charge in [0.25, 0.3) is 0 Å². The number of anilines is 2. The Morgan fingerprint density at radius 3 is 2.44 bits per heavy atom. The summed E-state index contributed by atoms with van der Waals surface area (Å²) >= 11 is 0. The van der Waals surface area contributed by atoms with Gasteiger partial charge in [-0.2, -0.15) is 4.98 Å². The van der Waals surface area contributed by atoms with E-state index in [1.165, 1.54) is 23.3 Å². The number of benzene rings is 2. The maximum Gasteiger partial charge on any atom is 0.231 e. The lowest BCUT2D eigenvalue weighted by Gasteiger charge is -2.36. The molecule has 2 aromatic heterocycles. The molecule has 3 unspecified atom stereocenters. The van der Waals surface area contributed by atoms with Crippen molar-refractivity contribution in [3.8, 4) is 11.4 Å². The smallest absolute Gasteiger partial charge is 0.231 e. The second kappa shape index (κ2) is 7.65. The zero-order chi connectivity index (χ0) is 22.6. The highest BCUT2D eigenvalue weighted by molar-refractivity contribution is 5.57. The summed E-state index contributed by atoms with van der Waals surface area (Å²) < 4.78 is 18.9. The van der Waals surface area contributed by atoms with Crippen molar-refractivity contribution >= 4 is 11.5 Å². The van der Waals surface area contributed by atoms with Gasteiger partial charge in [-0.25, -0.2) is 9.37 Å². The Balaban J connectivity index is 1.01. The van der Waals surface area contributed by atoms with E-state index in [0.29, 0.717) is 23.6 Å². The first kappa shape index (κ1) is 19.7. The molecule has 3 heterocycles. The van der Waals surface area contributed by atoms with Gasteiger partial charge < -0.3 is 14.3 Å². The molecule has 7 heteroatoms. The summed E-state index contributed by atoms with van der Waals surface area (Å²) in [5.74, 6) is 3.57. The molecule has 1 saturated carbocycles. The highest BCUT2D eigenvalue weighted by Gasteiger charge is 2.58. The summed E-state index contributed by atoms with van der Waals surface area (Å²) in [6.07, 6.45) is 2.94. The molecular formula is C27H24FN5O. The minimum atomic E-state index is -0.203. The van der Waals surface area contributed by atoms with Crippen LogP contribution < -0.4 is 9.80 Å². The molecule has 0 spiro atoms. The van der Waals surface area contributed by atoms with Gasteiger partial charge in [0, 0.05) is 49.5 Å². The molecule has 0 N–H and O–H groups in total. The number of pyridine rings is 1. The van der Waals surface area contributed by atoms with E-state index in [2.05, 4.69) is 44.2 Å². The van der Waals surface area contributed by atoms with Crippen LogP contribution in [0.15, 0.2) is 71.4 Å². The number of piperazine rings is 1. The first-order valence-electron chi connectivity index (χ1n) is 11.9. The van der Waals surface area contributed by atoms with Crippen molar-refractivity contribution in [3.05, 3.63) is 89.7 Å². The first-order valence-corrected chi connectivity index (χ1v) is 11.9. The van der Waals surface area contributed by atoms with E-state index in [1.807, 2.05) is 30.5 Å². The Bertz CT molecular complexity index is 1330. The summed E-state index contributed by atoms with van der Waals surface area (Å²) in [6, 6.07) is 19.5. The first-order chi connectivity index (χ1) is 16.7. The Labute approximate surface area is 197 Å². The van der Waals surface area contributed by atoms with E-state index in [-0.39, 0.29) is 5.82 Å². The molecule has 2 aromatic carbocycles. The predicted octanol–water partition coefficient (Wildman–Crippen LogP) is 4.65. The predicted molar refractivity (Wildman–Crippen MR) is 127 cm³/mol. The van der Waals surface area contributed by atoms with Crippen LogP contribution in [0, 0.1) is 11.7 Å². The van der Waals surface area contributed by atoms with Crippen LogP contribution in [-0.2, 0) is 6.42 Å². The maximum atomic E-state index is 13.2. The minimum absolute atomic E-state index is 0.203. The third kappa shape index (κ3) is 3.26. The van der Waals surface area contributed by atoms with Gasteiger partial charge in [-0.3, -0.25) is 0 Å². The topological polar surface area (TPSA) is 58.3 Å². The van der Waals surface area contributed by atoms with Crippen LogP contribution in [0.25, 0.3) is 11.4 Å². The molecule has 1 saturated heterocycles. The second-order valence-corrected chi connectivity index (χ2v) is 9.43. The average molecular weight is 454 g/mol. The quantitative estimate of drug-likeness (QED) is 0.448. The summed E-state index contributed by atoms with van der Waals surface area (Å²) in [5.41, 5.74) is 4.84. The van der Waals surface area contributed by atoms with Crippen LogP contribution in [0.1, 0.15) is 28.9 Å². The average Bonchev–Trinajstić information content (AvgIpc) is 3.21. The monoisotopic (exact) mass is 453 g/mol. The lowest BCUT2D eigenvalue weighted by Crippen LogP contribution is -2.46. The van der Waals surface area contributed by atoms with Gasteiger partial charge >= 0.3 is 0 Å². The summed E-state index contributed by atoms with van der Waals surface area (Å²) in [4.78, 5) is 14.0. The van der Waals surface area contributed by atoms with Gasteiger partial charge in [-0.15, -0.1) is 0 Å². The number of fused-ring (bicyclic) bond motifs is 3. The van der Waals surface area contributed by atoms with Crippen molar-refractivity contribution in [1.29, 1.82) is 0 Å². The summed E-state index contributed by atoms with van der Waals surface area (Å²) in [7, 11) is 0. The molecular weight excluding hydrogens is 429 g/mol. The molecule has 3 atom stereocenters. The number of hydrogen-bond acceptors (Lipinski definition) is 6. The standard InChI is InChI=1S/C27H24FN5O/c28-19-6-8-20(9-7-19)32-11-13-33(14-12-32)23-10-5-18(16-29-23)26-30-27(34-31-26)25-22-15-17-3-1-2-4-21(17)24(22)25/h1-10,16,22,24-25H,11-15H2. The molecule has 4 aromatic rings. The Kier molecular flexibility index (Phi) is 4.43. The second-order valence-electron chi connectivity index (χ2n) is 9.43. The number of halogens is 1. The fourth-order valence-corrected chi connectivity index (χ4v) is 5.73. The highest BCUT2D eigenvalue weighted by Crippen LogP contribution is 2.66. The zero-order valence-corrected chi connectivity index (χ0v) is 18.6. The van der Waals surface area contributed by atoms with Crippen molar-refractivity contribution in [1.82, 2.24) is 15.1 Å². The van der Waals surface area contributed by atoms with Crippen LogP contribution in [0.4, 0.5) is 15.9 Å². The molecule has 3 aliphatic rings. The number of rotatable bonds is 4. The van der Waals surface area contributed by atoms with E-state index in [1.54, 1.807) is 0 Å². The van der Waals surface area contributed by atoms with Crippen LogP contribution in [0.5, 0.6) is 0 Å². The van der Waals surface area contributed by atoms with Gasteiger partial charge in [-0.1, -0.05) is 29.4 Å². The van der Waals surface area contributed by atoms with Gasteiger partial charge in [0.1, 0.15) is 11.6 Å². The SMILES string of the molecule is Fc1ccc(N2CCN(c3ccc(-c4noc(C5C6Cc7ccccc7C65)n4)cn3)CC2)cc1. The minimum Gasteiger partial charge on any atom is -0.368 e. The molecule has 34 heavy (non-hydrogen) atoms. The lowest BCUT2D eigenvalue weighted by molar-refractivity contribution is 0.374. The Morgan fingerprint density at radius 1 is 0.853 bits per heavy atom. The van der Waals surface area contributed by atoms with Crippen molar-refractivity contribution in [3.63, 3.8) is 0 Å². The normalized spacial score (nSPS) is 23.0. The fourth-order valence-electron chi connectivity index (χ4n) is 5.73. The van der Waals surface area contributed by atoms with Crippen molar-refractivity contribution in [2.75, 3.05) is 36.0 Å². The molecule has 0 amide bonds. The van der Waals surface area contributed by atoms with E-state index in [4.69, 9.17) is 9.51 Å². The molecule has 0 radical (unpaired) electrons. The van der Waals surface area contributed by atoms with Crippen molar-refractivity contribution in [2.24, 2.45) is 5.92 Å². The molecule has 170 valence electrons. The van der Waals surface area contributed by atoms with Crippen LogP contribution in [0.3, 0.4) is 0 Å². The van der Waals surface area contributed by atoms with Crippen LogP contribution in [-0.4, -0.2) is 41.3 Å². The fraction of sp³-hybridized carbons (Fsp3) is 0.296. The van der Waals surface area contributed by atoms with E-state index in [0.717, 1.165) is 55.6 Å². The van der Waals surface area contributed by atoms with Crippen LogP contribution in [0.2, 0.25) is 0 Å². The molecule has 1 aliphatic heterocycles. The summed E-state index contributed by atoms with van der Waals surface area (Å²) in [6.45, 7) is 3.47. The number of nitrogens with zero attached hydrogens (tertiary/aromatic N) is 5. The Morgan fingerprint density at radius 2 is 1.65 bits per heavy atom. The van der Waals surface area contributed by atoms with Gasteiger partial charge in [0.05, 0.1) is 0 Å². The van der Waals surface area contributed by atoms with E-state index in [9.17, 15) is 4.39 Å². The molecule has 0 bridgehead atoms. The Hall–Kier alpha value is -3.74. The molecule has 6 nitrogen and oxygen atoms in total. The lowest BCUT2D eigenvalue weighted by atomic mass is 10.0. The van der Waals surface area contributed by atoms with Crippen molar-refractivity contribution < 1.29 is 8.91 Å². The zero-order valence-electron chi connectivity index (χ0n) is 18.6. The van der Waals surface area contributed by atoms with E-state index < -0.39 is 0 Å². The third-order valence-corrected chi connectivity index (χ3v) is 7.57. The van der Waals surface area contributed by atoms with Gasteiger partial charge in [-0.05, 0) is 65.8 Å². The maximum absolute atomic E-state index is 13.2. The third-order valence-electron chi connectivity index (χ3n) is 7.57. The van der Waals surface area contributed by atoms with Crippen molar-refractivity contribution in [2.45, 2.75) is 18.3 Å². The van der Waals surface area contributed by atoms with E-state index >= 15 is 0 Å². The van der Waals surface area contributed by atoms with Crippen LogP contribution >= 0.6 is 0 Å². The molecule has 7 rings (SSSR count). The summed E-state index contributed by atoms with van der Waals surface area (Å²) in [5, 5.41) is 4.25. The number of hydrogen-bond donors (Lipinski definition) is 0. The molecule has 2 fully saturated rings. The number of aromatic nitrogens is 3. The molecule has 2 aliphatic carbocycles.